The molecule has 6 heteroatoms. The summed E-state index contributed by atoms with van der Waals surface area (Å²) in [6.45, 7) is 4.03. The number of amides is 1. The lowest BCUT2D eigenvalue weighted by molar-refractivity contribution is 0.0362. The summed E-state index contributed by atoms with van der Waals surface area (Å²) in [6.07, 6.45) is 3.65. The Hall–Kier alpha value is -1.69. The van der Waals surface area contributed by atoms with E-state index in [4.69, 9.17) is 4.74 Å². The van der Waals surface area contributed by atoms with Gasteiger partial charge in [0.05, 0.1) is 11.8 Å². The molecule has 0 unspecified atom stereocenters. The first-order chi connectivity index (χ1) is 10.1. The van der Waals surface area contributed by atoms with Crippen molar-refractivity contribution in [1.82, 2.24) is 9.88 Å². The number of hydrogen-bond acceptors (Lipinski definition) is 4. The van der Waals surface area contributed by atoms with Crippen molar-refractivity contribution in [1.29, 1.82) is 0 Å². The maximum Gasteiger partial charge on any atom is 0.257 e. The van der Waals surface area contributed by atoms with Crippen LogP contribution in [0, 0.1) is 5.82 Å². The molecule has 1 amide bonds. The van der Waals surface area contributed by atoms with E-state index in [2.05, 4.69) is 10.3 Å². The number of pyridine rings is 1. The Morgan fingerprint density at radius 2 is 2.24 bits per heavy atom. The lowest BCUT2D eigenvalue weighted by atomic mass is 10.1. The molecule has 21 heavy (non-hydrogen) atoms. The van der Waals surface area contributed by atoms with Crippen LogP contribution in [0.25, 0.3) is 0 Å². The topological polar surface area (TPSA) is 54.5 Å². The molecule has 0 atom stereocenters. The maximum atomic E-state index is 13.5. The predicted octanol–water partition coefficient (Wildman–Crippen LogP) is 2.29. The molecule has 1 aliphatic heterocycles. The number of halogens is 1. The van der Waals surface area contributed by atoms with E-state index in [1.54, 1.807) is 11.9 Å². The summed E-state index contributed by atoms with van der Waals surface area (Å²) in [5.41, 5.74) is 0.289. The summed E-state index contributed by atoms with van der Waals surface area (Å²) in [6, 6.07) is 1.39. The summed E-state index contributed by atoms with van der Waals surface area (Å²) >= 11 is 0. The van der Waals surface area contributed by atoms with Crippen molar-refractivity contribution in [3.05, 3.63) is 23.6 Å². The van der Waals surface area contributed by atoms with Crippen molar-refractivity contribution < 1.29 is 13.9 Å². The number of anilines is 1. The number of rotatable bonds is 5. The third kappa shape index (κ3) is 3.91. The first-order valence-electron chi connectivity index (χ1n) is 7.37. The predicted molar refractivity (Wildman–Crippen MR) is 78.9 cm³/mol. The molecule has 0 spiro atoms. The van der Waals surface area contributed by atoms with Crippen molar-refractivity contribution in [3.63, 3.8) is 0 Å². The number of nitrogens with zero attached hydrogens (tertiary/aromatic N) is 2. The summed E-state index contributed by atoms with van der Waals surface area (Å²) in [7, 11) is 1.76. The minimum atomic E-state index is -0.499. The summed E-state index contributed by atoms with van der Waals surface area (Å²) < 4.78 is 18.8. The van der Waals surface area contributed by atoms with Crippen molar-refractivity contribution >= 4 is 11.7 Å². The summed E-state index contributed by atoms with van der Waals surface area (Å²) in [5, 5.41) is 3.08. The number of carbonyl (C=O) groups is 1. The van der Waals surface area contributed by atoms with E-state index in [1.807, 2.05) is 6.92 Å². The van der Waals surface area contributed by atoms with Gasteiger partial charge in [0.15, 0.2) is 0 Å². The highest BCUT2D eigenvalue weighted by molar-refractivity contribution is 5.98. The first-order valence-corrected chi connectivity index (χ1v) is 7.37. The van der Waals surface area contributed by atoms with Crippen molar-refractivity contribution in [3.8, 4) is 0 Å². The standard InChI is InChI=1S/C15H22FN3O2/c1-3-6-17-14-13(9-11(16)10-18-14)15(20)19(2)12-4-7-21-8-5-12/h9-10,12H,3-8H2,1-2H3,(H,17,18). The number of aromatic nitrogens is 1. The van der Waals surface area contributed by atoms with E-state index in [0.29, 0.717) is 25.6 Å². The third-order valence-corrected chi connectivity index (χ3v) is 3.69. The molecule has 1 aromatic heterocycles. The van der Waals surface area contributed by atoms with Crippen LogP contribution in [0.2, 0.25) is 0 Å². The fourth-order valence-corrected chi connectivity index (χ4v) is 2.41. The highest BCUT2D eigenvalue weighted by Gasteiger charge is 2.25. The van der Waals surface area contributed by atoms with Crippen LogP contribution < -0.4 is 5.32 Å². The van der Waals surface area contributed by atoms with Gasteiger partial charge in [0.1, 0.15) is 11.6 Å². The van der Waals surface area contributed by atoms with Gasteiger partial charge in [-0.1, -0.05) is 6.92 Å². The molecule has 2 heterocycles. The fraction of sp³-hybridized carbons (Fsp3) is 0.600. The van der Waals surface area contributed by atoms with Gasteiger partial charge < -0.3 is 15.0 Å². The molecule has 0 radical (unpaired) electrons. The maximum absolute atomic E-state index is 13.5. The Morgan fingerprint density at radius 1 is 1.52 bits per heavy atom. The Balaban J connectivity index is 2.18. The van der Waals surface area contributed by atoms with Crippen LogP contribution >= 0.6 is 0 Å². The number of carbonyl (C=O) groups excluding carboxylic acids is 1. The molecule has 0 bridgehead atoms. The van der Waals surface area contributed by atoms with Crippen LogP contribution in [0.5, 0.6) is 0 Å². The Kier molecular flexibility index (Phi) is 5.50. The number of hydrogen-bond donors (Lipinski definition) is 1. The third-order valence-electron chi connectivity index (χ3n) is 3.69. The van der Waals surface area contributed by atoms with Crippen LogP contribution in [0.4, 0.5) is 10.2 Å². The monoisotopic (exact) mass is 295 g/mol. The minimum Gasteiger partial charge on any atom is -0.381 e. The zero-order chi connectivity index (χ0) is 15.2. The molecular weight excluding hydrogens is 273 g/mol. The lowest BCUT2D eigenvalue weighted by Gasteiger charge is -2.31. The van der Waals surface area contributed by atoms with Gasteiger partial charge in [-0.05, 0) is 25.3 Å². The molecule has 0 aromatic carbocycles. The van der Waals surface area contributed by atoms with Gasteiger partial charge in [-0.3, -0.25) is 4.79 Å². The van der Waals surface area contributed by atoms with Crippen molar-refractivity contribution in [2.45, 2.75) is 32.2 Å². The summed E-state index contributed by atoms with van der Waals surface area (Å²) in [5.74, 6) is -0.254. The van der Waals surface area contributed by atoms with Gasteiger partial charge in [-0.25, -0.2) is 9.37 Å². The average molecular weight is 295 g/mol. The minimum absolute atomic E-state index is 0.133. The van der Waals surface area contributed by atoms with Crippen LogP contribution in [-0.4, -0.2) is 48.6 Å². The molecule has 1 fully saturated rings. The highest BCUT2D eigenvalue weighted by atomic mass is 19.1. The van der Waals surface area contributed by atoms with Gasteiger partial charge in [-0.15, -0.1) is 0 Å². The molecule has 1 aromatic rings. The molecular formula is C15H22FN3O2. The van der Waals surface area contributed by atoms with Gasteiger partial charge in [0.2, 0.25) is 0 Å². The second kappa shape index (κ2) is 7.36. The normalized spacial score (nSPS) is 15.8. The smallest absolute Gasteiger partial charge is 0.257 e. The van der Waals surface area contributed by atoms with E-state index in [0.717, 1.165) is 25.5 Å². The van der Waals surface area contributed by atoms with E-state index in [9.17, 15) is 9.18 Å². The quantitative estimate of drug-likeness (QED) is 0.905. The lowest BCUT2D eigenvalue weighted by Crippen LogP contribution is -2.41. The van der Waals surface area contributed by atoms with Crippen LogP contribution in [-0.2, 0) is 4.74 Å². The van der Waals surface area contributed by atoms with Gasteiger partial charge in [0, 0.05) is 32.8 Å². The zero-order valence-electron chi connectivity index (χ0n) is 12.6. The second-order valence-corrected chi connectivity index (χ2v) is 5.24. The fourth-order valence-electron chi connectivity index (χ4n) is 2.41. The van der Waals surface area contributed by atoms with Crippen LogP contribution in [0.1, 0.15) is 36.5 Å². The molecule has 5 nitrogen and oxygen atoms in total. The van der Waals surface area contributed by atoms with Gasteiger partial charge in [-0.2, -0.15) is 0 Å². The molecule has 116 valence electrons. The van der Waals surface area contributed by atoms with E-state index in [-0.39, 0.29) is 17.5 Å². The number of ether oxygens (including phenoxy) is 1. The van der Waals surface area contributed by atoms with Crippen LogP contribution in [0.3, 0.4) is 0 Å². The SMILES string of the molecule is CCCNc1ncc(F)cc1C(=O)N(C)C1CCOCC1. The molecule has 2 rings (SSSR count). The molecule has 1 N–H and O–H groups in total. The molecule has 1 aliphatic rings. The second-order valence-electron chi connectivity index (χ2n) is 5.24. The first kappa shape index (κ1) is 15.7. The highest BCUT2D eigenvalue weighted by Crippen LogP contribution is 2.20. The Bertz CT molecular complexity index is 490. The van der Waals surface area contributed by atoms with Crippen LogP contribution in [0.15, 0.2) is 12.3 Å². The van der Waals surface area contributed by atoms with Crippen molar-refractivity contribution in [2.24, 2.45) is 0 Å². The van der Waals surface area contributed by atoms with Gasteiger partial charge >= 0.3 is 0 Å². The molecule has 1 saturated heterocycles. The van der Waals surface area contributed by atoms with Gasteiger partial charge in [0.25, 0.3) is 5.91 Å². The van der Waals surface area contributed by atoms with E-state index >= 15 is 0 Å². The molecule has 0 aliphatic carbocycles. The summed E-state index contributed by atoms with van der Waals surface area (Å²) in [4.78, 5) is 18.3. The Labute approximate surface area is 124 Å². The Morgan fingerprint density at radius 3 is 2.90 bits per heavy atom. The zero-order valence-corrected chi connectivity index (χ0v) is 12.6. The molecule has 0 saturated carbocycles. The van der Waals surface area contributed by atoms with Crippen molar-refractivity contribution in [2.75, 3.05) is 32.1 Å². The van der Waals surface area contributed by atoms with E-state index < -0.39 is 5.82 Å². The van der Waals surface area contributed by atoms with E-state index in [1.165, 1.54) is 6.07 Å². The average Bonchev–Trinajstić information content (AvgIpc) is 2.53. The largest absolute Gasteiger partial charge is 0.381 e. The number of nitrogens with one attached hydrogen (secondary N) is 1.